The quantitative estimate of drug-likeness (QED) is 0.512. The van der Waals surface area contributed by atoms with Crippen molar-refractivity contribution in [2.24, 2.45) is 0 Å². The maximum Gasteiger partial charge on any atom is 0.274 e. The maximum atomic E-state index is 12.8. The highest BCUT2D eigenvalue weighted by atomic mass is 16.2. The van der Waals surface area contributed by atoms with Crippen LogP contribution in [-0.2, 0) is 6.42 Å². The van der Waals surface area contributed by atoms with Crippen LogP contribution in [0.4, 0.5) is 11.4 Å². The second-order valence-corrected chi connectivity index (χ2v) is 6.71. The number of nitrogens with zero attached hydrogens (tertiary/aromatic N) is 2. The summed E-state index contributed by atoms with van der Waals surface area (Å²) in [5, 5.41) is 6.64. The van der Waals surface area contributed by atoms with Gasteiger partial charge < -0.3 is 10.6 Å². The zero-order chi connectivity index (χ0) is 20.9. The van der Waals surface area contributed by atoms with Gasteiger partial charge in [0.25, 0.3) is 11.8 Å². The van der Waals surface area contributed by atoms with Crippen molar-refractivity contribution in [2.45, 2.75) is 13.3 Å². The van der Waals surface area contributed by atoms with Crippen molar-refractivity contribution in [2.75, 3.05) is 10.6 Å². The normalized spacial score (nSPS) is 10.6. The highest BCUT2D eigenvalue weighted by Crippen LogP contribution is 2.21. The molecule has 0 atom stereocenters. The molecule has 2 heterocycles. The topological polar surface area (TPSA) is 84.0 Å². The van der Waals surface area contributed by atoms with Crippen molar-refractivity contribution < 1.29 is 9.59 Å². The number of rotatable bonds is 5. The Kier molecular flexibility index (Phi) is 5.48. The minimum absolute atomic E-state index is 0.152. The van der Waals surface area contributed by atoms with Gasteiger partial charge in [-0.15, -0.1) is 0 Å². The van der Waals surface area contributed by atoms with Crippen molar-refractivity contribution in [1.29, 1.82) is 0 Å². The molecule has 2 N–H and O–H groups in total. The predicted octanol–water partition coefficient (Wildman–Crippen LogP) is 4.70. The van der Waals surface area contributed by atoms with Crippen molar-refractivity contribution >= 4 is 34.1 Å². The molecule has 2 amide bonds. The molecule has 148 valence electrons. The first-order chi connectivity index (χ1) is 14.7. The second kappa shape index (κ2) is 8.53. The van der Waals surface area contributed by atoms with Crippen LogP contribution in [0.25, 0.3) is 10.9 Å². The molecule has 0 saturated carbocycles. The lowest BCUT2D eigenvalue weighted by Crippen LogP contribution is -2.19. The summed E-state index contributed by atoms with van der Waals surface area (Å²) in [5.74, 6) is -0.769. The number of aryl methyl sites for hydroxylation is 1. The Labute approximate surface area is 174 Å². The lowest BCUT2D eigenvalue weighted by atomic mass is 10.1. The Balaban J connectivity index is 1.55. The fraction of sp³-hybridized carbons (Fsp3) is 0.0833. The van der Waals surface area contributed by atoms with Gasteiger partial charge in [0.05, 0.1) is 11.2 Å². The Bertz CT molecular complexity index is 1230. The van der Waals surface area contributed by atoms with Crippen LogP contribution in [0.3, 0.4) is 0 Å². The van der Waals surface area contributed by atoms with Gasteiger partial charge >= 0.3 is 0 Å². The Hall–Kier alpha value is -4.06. The number of carbonyl (C=O) groups is 2. The number of hydrogen-bond acceptors (Lipinski definition) is 4. The van der Waals surface area contributed by atoms with Crippen LogP contribution in [-0.4, -0.2) is 21.8 Å². The summed E-state index contributed by atoms with van der Waals surface area (Å²) < 4.78 is 0. The summed E-state index contributed by atoms with van der Waals surface area (Å²) in [7, 11) is 0. The van der Waals surface area contributed by atoms with E-state index in [1.807, 2.05) is 55.5 Å². The van der Waals surface area contributed by atoms with Crippen LogP contribution >= 0.6 is 0 Å². The van der Waals surface area contributed by atoms with E-state index in [0.29, 0.717) is 11.2 Å². The average Bonchev–Trinajstić information content (AvgIpc) is 2.79. The predicted molar refractivity (Wildman–Crippen MR) is 118 cm³/mol. The van der Waals surface area contributed by atoms with E-state index >= 15 is 0 Å². The van der Waals surface area contributed by atoms with Crippen molar-refractivity contribution in [3.05, 3.63) is 95.9 Å². The number of pyridine rings is 2. The van der Waals surface area contributed by atoms with Crippen molar-refractivity contribution in [3.8, 4) is 0 Å². The standard InChI is InChI=1S/C24H20N4O2/c1-2-16-8-3-4-11-18(16)27-23(29)20-13-6-14-21(26-20)24(30)28-19-12-5-9-17-10-7-15-25-22(17)19/h3-15H,2H2,1H3,(H,27,29)(H,28,30). The molecule has 0 aliphatic rings. The summed E-state index contributed by atoms with van der Waals surface area (Å²) in [4.78, 5) is 34.0. The Morgan fingerprint density at radius 1 is 0.767 bits per heavy atom. The van der Waals surface area contributed by atoms with Gasteiger partial charge in [0.2, 0.25) is 0 Å². The van der Waals surface area contributed by atoms with Crippen LogP contribution in [0, 0.1) is 0 Å². The number of anilines is 2. The van der Waals surface area contributed by atoms with Gasteiger partial charge in [-0.2, -0.15) is 0 Å². The lowest BCUT2D eigenvalue weighted by Gasteiger charge is -2.10. The molecular weight excluding hydrogens is 376 g/mol. The van der Waals surface area contributed by atoms with Crippen LogP contribution in [0.2, 0.25) is 0 Å². The minimum Gasteiger partial charge on any atom is -0.320 e. The number of benzene rings is 2. The molecule has 0 fully saturated rings. The first-order valence-electron chi connectivity index (χ1n) is 9.67. The van der Waals surface area contributed by atoms with Gasteiger partial charge in [0, 0.05) is 17.3 Å². The first-order valence-corrected chi connectivity index (χ1v) is 9.67. The summed E-state index contributed by atoms with van der Waals surface area (Å²) >= 11 is 0. The highest BCUT2D eigenvalue weighted by molar-refractivity contribution is 6.08. The highest BCUT2D eigenvalue weighted by Gasteiger charge is 2.15. The molecule has 30 heavy (non-hydrogen) atoms. The zero-order valence-corrected chi connectivity index (χ0v) is 16.4. The molecule has 6 nitrogen and oxygen atoms in total. The average molecular weight is 396 g/mol. The molecule has 0 bridgehead atoms. The van der Waals surface area contributed by atoms with E-state index in [1.54, 1.807) is 30.5 Å². The third-order valence-electron chi connectivity index (χ3n) is 4.74. The SMILES string of the molecule is CCc1ccccc1NC(=O)c1cccc(C(=O)Nc2cccc3cccnc23)n1. The van der Waals surface area contributed by atoms with Crippen molar-refractivity contribution in [3.63, 3.8) is 0 Å². The number of nitrogens with one attached hydrogen (secondary N) is 2. The van der Waals surface area contributed by atoms with Gasteiger partial charge in [-0.1, -0.05) is 49.4 Å². The number of fused-ring (bicyclic) bond motifs is 1. The third-order valence-corrected chi connectivity index (χ3v) is 4.74. The number of para-hydroxylation sites is 2. The summed E-state index contributed by atoms with van der Waals surface area (Å²) in [6.45, 7) is 2.02. The molecular formula is C24H20N4O2. The van der Waals surface area contributed by atoms with Crippen LogP contribution in [0.1, 0.15) is 33.5 Å². The molecule has 6 heteroatoms. The van der Waals surface area contributed by atoms with Gasteiger partial charge in [-0.05, 0) is 42.3 Å². The van der Waals surface area contributed by atoms with Gasteiger partial charge in [0.15, 0.2) is 0 Å². The van der Waals surface area contributed by atoms with Crippen molar-refractivity contribution in [1.82, 2.24) is 9.97 Å². The number of hydrogen-bond donors (Lipinski definition) is 2. The Morgan fingerprint density at radius 3 is 2.17 bits per heavy atom. The summed E-state index contributed by atoms with van der Waals surface area (Å²) in [6.07, 6.45) is 2.47. The van der Waals surface area contributed by atoms with Crippen LogP contribution in [0.15, 0.2) is 79.0 Å². The molecule has 4 rings (SSSR count). The first kappa shape index (κ1) is 19.3. The van der Waals surface area contributed by atoms with Gasteiger partial charge in [-0.3, -0.25) is 14.6 Å². The fourth-order valence-electron chi connectivity index (χ4n) is 3.22. The molecule has 0 spiro atoms. The summed E-state index contributed by atoms with van der Waals surface area (Å²) in [6, 6.07) is 21.7. The van der Waals surface area contributed by atoms with E-state index in [4.69, 9.17) is 0 Å². The van der Waals surface area contributed by atoms with Gasteiger partial charge in [-0.25, -0.2) is 4.98 Å². The summed E-state index contributed by atoms with van der Waals surface area (Å²) in [5.41, 5.74) is 3.38. The fourth-order valence-corrected chi connectivity index (χ4v) is 3.22. The molecule has 0 aliphatic heterocycles. The maximum absolute atomic E-state index is 12.8. The largest absolute Gasteiger partial charge is 0.320 e. The number of amides is 2. The molecule has 0 saturated heterocycles. The van der Waals surface area contributed by atoms with Gasteiger partial charge in [0.1, 0.15) is 11.4 Å². The minimum atomic E-state index is -0.406. The smallest absolute Gasteiger partial charge is 0.274 e. The second-order valence-electron chi connectivity index (χ2n) is 6.71. The van der Waals surface area contributed by atoms with Crippen LogP contribution in [0.5, 0.6) is 0 Å². The van der Waals surface area contributed by atoms with Crippen LogP contribution < -0.4 is 10.6 Å². The third kappa shape index (κ3) is 4.03. The number of aromatic nitrogens is 2. The van der Waals surface area contributed by atoms with E-state index < -0.39 is 5.91 Å². The molecule has 0 aliphatic carbocycles. The van der Waals surface area contributed by atoms with E-state index in [-0.39, 0.29) is 17.3 Å². The molecule has 0 radical (unpaired) electrons. The molecule has 4 aromatic rings. The Morgan fingerprint density at radius 2 is 1.40 bits per heavy atom. The monoisotopic (exact) mass is 396 g/mol. The van der Waals surface area contributed by atoms with E-state index in [9.17, 15) is 9.59 Å². The van der Waals surface area contributed by atoms with E-state index in [1.165, 1.54) is 0 Å². The van der Waals surface area contributed by atoms with E-state index in [0.717, 1.165) is 23.1 Å². The molecule has 0 unspecified atom stereocenters. The van der Waals surface area contributed by atoms with E-state index in [2.05, 4.69) is 20.6 Å². The molecule has 2 aromatic carbocycles. The zero-order valence-electron chi connectivity index (χ0n) is 16.4. The lowest BCUT2D eigenvalue weighted by molar-refractivity contribution is 0.101. The number of carbonyl (C=O) groups excluding carboxylic acids is 2. The molecule has 2 aromatic heterocycles.